The van der Waals surface area contributed by atoms with E-state index in [9.17, 15) is 0 Å². The zero-order chi connectivity index (χ0) is 16.4. The fourth-order valence-corrected chi connectivity index (χ4v) is 4.15. The maximum Gasteiger partial charge on any atom is 0.151 e. The molecule has 6 heteroatoms. The molecule has 0 atom stereocenters. The number of pyridine rings is 1. The van der Waals surface area contributed by atoms with Crippen LogP contribution in [0.4, 0.5) is 0 Å². The first-order valence-electron chi connectivity index (χ1n) is 7.29. The number of fused-ring (bicyclic) bond motifs is 2. The van der Waals surface area contributed by atoms with Crippen molar-refractivity contribution in [3.05, 3.63) is 53.4 Å². The third kappa shape index (κ3) is 3.16. The van der Waals surface area contributed by atoms with E-state index in [0.717, 1.165) is 21.0 Å². The monoisotopic (exact) mass is 499 g/mol. The molecule has 0 amide bonds. The van der Waals surface area contributed by atoms with Crippen LogP contribution in [0.25, 0.3) is 33.1 Å². The van der Waals surface area contributed by atoms with Crippen molar-refractivity contribution >= 4 is 68.2 Å². The molecular weight excluding hydrogens is 485 g/mol. The predicted molar refractivity (Wildman–Crippen MR) is 113 cm³/mol. The molecule has 0 radical (unpaired) electrons. The summed E-state index contributed by atoms with van der Waals surface area (Å²) in [6.07, 6.45) is 5.95. The number of aromatic amines is 1. The lowest BCUT2D eigenvalue weighted by Crippen LogP contribution is -1.82. The topological polar surface area (TPSA) is 33.6 Å². The van der Waals surface area contributed by atoms with Crippen molar-refractivity contribution in [3.8, 4) is 11.1 Å². The van der Waals surface area contributed by atoms with Gasteiger partial charge in [-0.3, -0.25) is 3.97 Å². The summed E-state index contributed by atoms with van der Waals surface area (Å²) in [4.78, 5) is 7.76. The quantitative estimate of drug-likeness (QED) is 0.307. The number of aromatic nitrogens is 3. The Kier molecular flexibility index (Phi) is 5.33. The molecular formula is C17H15BrIN3S. The second kappa shape index (κ2) is 7.27. The first-order valence-corrected chi connectivity index (χ1v) is 11.4. The van der Waals surface area contributed by atoms with E-state index < -0.39 is 0 Å². The van der Waals surface area contributed by atoms with Crippen LogP contribution in [0, 0.1) is 0 Å². The molecule has 23 heavy (non-hydrogen) atoms. The third-order valence-electron chi connectivity index (χ3n) is 3.52. The minimum atomic E-state index is 0.988. The molecule has 0 bridgehead atoms. The fourth-order valence-electron chi connectivity index (χ4n) is 2.56. The number of nitrogens with one attached hydrogen (secondary N) is 1. The molecule has 1 N–H and O–H groups in total. The molecule has 0 saturated carbocycles. The van der Waals surface area contributed by atoms with E-state index in [1.54, 1.807) is 9.12 Å². The smallest absolute Gasteiger partial charge is 0.151 e. The van der Waals surface area contributed by atoms with Crippen LogP contribution in [0.1, 0.15) is 13.8 Å². The molecule has 0 unspecified atom stereocenters. The molecule has 0 fully saturated rings. The van der Waals surface area contributed by atoms with Crippen molar-refractivity contribution in [3.63, 3.8) is 0 Å². The molecule has 0 spiro atoms. The van der Waals surface area contributed by atoms with E-state index in [1.807, 2.05) is 26.2 Å². The third-order valence-corrected chi connectivity index (χ3v) is 5.65. The van der Waals surface area contributed by atoms with Gasteiger partial charge in [0.25, 0.3) is 0 Å². The van der Waals surface area contributed by atoms with Gasteiger partial charge in [-0.1, -0.05) is 19.9 Å². The Morgan fingerprint density at radius 2 is 2.04 bits per heavy atom. The van der Waals surface area contributed by atoms with Gasteiger partial charge in [0.1, 0.15) is 0 Å². The molecule has 0 aliphatic rings. The van der Waals surface area contributed by atoms with Crippen LogP contribution in [0.2, 0.25) is 0 Å². The van der Waals surface area contributed by atoms with Crippen LogP contribution in [0.5, 0.6) is 0 Å². The number of H-pyrrole nitrogens is 1. The highest BCUT2D eigenvalue weighted by molar-refractivity contribution is 14.2. The van der Waals surface area contributed by atoms with Gasteiger partial charge in [0, 0.05) is 69.9 Å². The second-order valence-electron chi connectivity index (χ2n) is 4.74. The highest BCUT2D eigenvalue weighted by Gasteiger charge is 2.12. The summed E-state index contributed by atoms with van der Waals surface area (Å²) < 4.78 is 3.09. The van der Waals surface area contributed by atoms with E-state index in [0.29, 0.717) is 0 Å². The molecule has 3 nitrogen and oxygen atoms in total. The van der Waals surface area contributed by atoms with E-state index in [1.165, 1.54) is 16.5 Å². The zero-order valence-electron chi connectivity index (χ0n) is 12.7. The van der Waals surface area contributed by atoms with Gasteiger partial charge in [0.05, 0.1) is 0 Å². The lowest BCUT2D eigenvalue weighted by atomic mass is 10.0. The SMILES string of the molecule is Brc1cnc2c(c1)c(-c1ccc3[nH]ccc3c1)cn2SI.CC. The summed E-state index contributed by atoms with van der Waals surface area (Å²) in [5, 5.41) is 2.38. The van der Waals surface area contributed by atoms with E-state index in [-0.39, 0.29) is 0 Å². The van der Waals surface area contributed by atoms with Crippen LogP contribution in [0.3, 0.4) is 0 Å². The van der Waals surface area contributed by atoms with Crippen molar-refractivity contribution in [1.29, 1.82) is 0 Å². The normalized spacial score (nSPS) is 10.8. The maximum atomic E-state index is 4.53. The first kappa shape index (κ1) is 16.9. The van der Waals surface area contributed by atoms with Crippen molar-refractivity contribution in [2.24, 2.45) is 0 Å². The standard InChI is InChI=1S/C15H9BrIN3S.C2H6/c16-11-6-12-13(8-20(21-17)15(12)19-7-11)9-1-2-14-10(5-9)3-4-18-14;1-2/h1-8,18H;1-2H3. The van der Waals surface area contributed by atoms with Gasteiger partial charge in [0.15, 0.2) is 5.65 Å². The van der Waals surface area contributed by atoms with Crippen molar-refractivity contribution < 1.29 is 0 Å². The molecule has 3 aromatic heterocycles. The minimum absolute atomic E-state index is 0.988. The van der Waals surface area contributed by atoms with Gasteiger partial charge in [-0.25, -0.2) is 4.98 Å². The fraction of sp³-hybridized carbons (Fsp3) is 0.118. The lowest BCUT2D eigenvalue weighted by Gasteiger charge is -2.00. The molecule has 0 aliphatic carbocycles. The number of hydrogen-bond donors (Lipinski definition) is 1. The van der Waals surface area contributed by atoms with Crippen molar-refractivity contribution in [2.75, 3.05) is 0 Å². The van der Waals surface area contributed by atoms with Crippen LogP contribution in [-0.4, -0.2) is 13.9 Å². The van der Waals surface area contributed by atoms with Gasteiger partial charge in [-0.2, -0.15) is 0 Å². The molecule has 4 rings (SSSR count). The molecule has 118 valence electrons. The predicted octanol–water partition coefficient (Wildman–Crippen LogP) is 6.82. The van der Waals surface area contributed by atoms with Gasteiger partial charge in [-0.15, -0.1) is 0 Å². The average molecular weight is 500 g/mol. The van der Waals surface area contributed by atoms with Gasteiger partial charge >= 0.3 is 0 Å². The van der Waals surface area contributed by atoms with Crippen LogP contribution in [0.15, 0.2) is 53.4 Å². The number of benzene rings is 1. The van der Waals surface area contributed by atoms with Gasteiger partial charge < -0.3 is 4.98 Å². The Bertz CT molecular complexity index is 961. The summed E-state index contributed by atoms with van der Waals surface area (Å²) >= 11 is 5.80. The Morgan fingerprint density at radius 3 is 2.83 bits per heavy atom. The van der Waals surface area contributed by atoms with Crippen LogP contribution >= 0.6 is 46.3 Å². The molecule has 4 aromatic rings. The van der Waals surface area contributed by atoms with E-state index in [2.05, 4.69) is 87.6 Å². The second-order valence-corrected chi connectivity index (χ2v) is 7.37. The van der Waals surface area contributed by atoms with Crippen molar-refractivity contribution in [2.45, 2.75) is 13.8 Å². The first-order chi connectivity index (χ1) is 11.3. The van der Waals surface area contributed by atoms with Crippen molar-refractivity contribution in [1.82, 2.24) is 13.9 Å². The van der Waals surface area contributed by atoms with E-state index in [4.69, 9.17) is 0 Å². The number of nitrogens with zero attached hydrogens (tertiary/aromatic N) is 2. The van der Waals surface area contributed by atoms with Crippen LogP contribution < -0.4 is 0 Å². The Labute approximate surface area is 159 Å². The molecule has 0 aliphatic heterocycles. The maximum absolute atomic E-state index is 4.53. The highest BCUT2D eigenvalue weighted by atomic mass is 127. The summed E-state index contributed by atoms with van der Waals surface area (Å²) in [6.45, 7) is 4.00. The largest absolute Gasteiger partial charge is 0.361 e. The van der Waals surface area contributed by atoms with Gasteiger partial charge in [-0.05, 0) is 51.1 Å². The van der Waals surface area contributed by atoms with Crippen LogP contribution in [-0.2, 0) is 0 Å². The number of halogens is 2. The highest BCUT2D eigenvalue weighted by Crippen LogP contribution is 2.35. The minimum Gasteiger partial charge on any atom is -0.361 e. The Morgan fingerprint density at radius 1 is 1.22 bits per heavy atom. The number of hydrogen-bond acceptors (Lipinski definition) is 2. The summed E-state index contributed by atoms with van der Waals surface area (Å²) in [5.41, 5.74) is 4.55. The Balaban J connectivity index is 0.000000753. The molecule has 0 saturated heterocycles. The summed E-state index contributed by atoms with van der Waals surface area (Å²) in [7, 11) is 1.63. The lowest BCUT2D eigenvalue weighted by molar-refractivity contribution is 1.26. The Hall–Kier alpha value is -0.990. The van der Waals surface area contributed by atoms with Gasteiger partial charge in [0.2, 0.25) is 0 Å². The summed E-state index contributed by atoms with van der Waals surface area (Å²) in [5.74, 6) is 0. The molecule has 1 aromatic carbocycles. The van der Waals surface area contributed by atoms with E-state index >= 15 is 0 Å². The molecule has 3 heterocycles. The average Bonchev–Trinajstić information content (AvgIpc) is 3.19. The zero-order valence-corrected chi connectivity index (χ0v) is 17.2. The number of rotatable bonds is 2. The summed E-state index contributed by atoms with van der Waals surface area (Å²) in [6, 6.07) is 10.7.